The van der Waals surface area contributed by atoms with Crippen LogP contribution in [0.4, 0.5) is 5.69 Å². The highest BCUT2D eigenvalue weighted by Crippen LogP contribution is 2.25. The molecule has 1 aromatic rings. The van der Waals surface area contributed by atoms with Gasteiger partial charge in [-0.25, -0.2) is 4.98 Å². The van der Waals surface area contributed by atoms with Crippen LogP contribution < -0.4 is 5.32 Å². The van der Waals surface area contributed by atoms with Crippen molar-refractivity contribution in [3.05, 3.63) is 23.0 Å². The van der Waals surface area contributed by atoms with Crippen LogP contribution >= 0.6 is 11.6 Å². The predicted molar refractivity (Wildman–Crippen MR) is 68.1 cm³/mol. The zero-order valence-corrected chi connectivity index (χ0v) is 10.6. The summed E-state index contributed by atoms with van der Waals surface area (Å²) in [6.45, 7) is 4.32. The first-order valence-electron chi connectivity index (χ1n) is 5.73. The van der Waals surface area contributed by atoms with Crippen molar-refractivity contribution in [3.8, 4) is 0 Å². The summed E-state index contributed by atoms with van der Waals surface area (Å²) in [5.74, 6) is 0. The Morgan fingerprint density at radius 3 is 3.06 bits per heavy atom. The van der Waals surface area contributed by atoms with E-state index in [9.17, 15) is 0 Å². The van der Waals surface area contributed by atoms with E-state index in [2.05, 4.69) is 29.2 Å². The highest BCUT2D eigenvalue weighted by atomic mass is 35.5. The zero-order chi connectivity index (χ0) is 11.5. The monoisotopic (exact) mass is 239 g/mol. The molecule has 2 rings (SSSR count). The summed E-state index contributed by atoms with van der Waals surface area (Å²) in [5.41, 5.74) is 2.15. The molecule has 0 aliphatic carbocycles. The normalized spacial score (nSPS) is 22.1. The minimum absolute atomic E-state index is 0.485. The number of nitrogens with zero attached hydrogens (tertiary/aromatic N) is 2. The molecule has 0 saturated carbocycles. The van der Waals surface area contributed by atoms with Gasteiger partial charge in [-0.2, -0.15) is 0 Å². The summed E-state index contributed by atoms with van der Waals surface area (Å²) in [4.78, 5) is 6.46. The van der Waals surface area contributed by atoms with E-state index in [0.717, 1.165) is 17.8 Å². The molecule has 1 N–H and O–H groups in total. The topological polar surface area (TPSA) is 28.2 Å². The second-order valence-electron chi connectivity index (χ2n) is 4.54. The standard InChI is InChI=1S/C12H18ClN3/c1-9-5-6-14-12(13)11(9)15-10-4-3-7-16(2)8-10/h5-6,10,15H,3-4,7-8H2,1-2H3. The third-order valence-corrected chi connectivity index (χ3v) is 3.37. The van der Waals surface area contributed by atoms with Gasteiger partial charge in [0.05, 0.1) is 5.69 Å². The molecule has 1 aromatic heterocycles. The number of hydrogen-bond acceptors (Lipinski definition) is 3. The molecule has 4 heteroatoms. The molecular formula is C12H18ClN3. The Balaban J connectivity index is 2.08. The van der Waals surface area contributed by atoms with Crippen LogP contribution in [0.5, 0.6) is 0 Å². The summed E-state index contributed by atoms with van der Waals surface area (Å²) in [7, 11) is 2.16. The fourth-order valence-corrected chi connectivity index (χ4v) is 2.45. The first-order chi connectivity index (χ1) is 7.66. The molecule has 1 aliphatic rings. The lowest BCUT2D eigenvalue weighted by Crippen LogP contribution is -2.39. The number of likely N-dealkylation sites (N-methyl/N-ethyl adjacent to an activating group) is 1. The first kappa shape index (κ1) is 11.7. The molecule has 88 valence electrons. The van der Waals surface area contributed by atoms with Gasteiger partial charge in [-0.15, -0.1) is 0 Å². The van der Waals surface area contributed by atoms with Crippen molar-refractivity contribution in [3.63, 3.8) is 0 Å². The average Bonchev–Trinajstić information content (AvgIpc) is 2.24. The molecule has 0 amide bonds. The maximum Gasteiger partial charge on any atom is 0.152 e. The molecule has 1 atom stereocenters. The van der Waals surface area contributed by atoms with Gasteiger partial charge in [0.1, 0.15) is 0 Å². The number of likely N-dealkylation sites (tertiary alicyclic amines) is 1. The van der Waals surface area contributed by atoms with Crippen molar-refractivity contribution < 1.29 is 0 Å². The molecule has 1 fully saturated rings. The quantitative estimate of drug-likeness (QED) is 0.804. The Morgan fingerprint density at radius 2 is 2.38 bits per heavy atom. The van der Waals surface area contributed by atoms with Crippen LogP contribution in [-0.2, 0) is 0 Å². The van der Waals surface area contributed by atoms with Gasteiger partial charge in [-0.3, -0.25) is 0 Å². The highest BCUT2D eigenvalue weighted by Gasteiger charge is 2.18. The van der Waals surface area contributed by atoms with Crippen LogP contribution in [0.25, 0.3) is 0 Å². The number of nitrogens with one attached hydrogen (secondary N) is 1. The Labute approximate surface area is 102 Å². The number of piperidine rings is 1. The van der Waals surface area contributed by atoms with Crippen LogP contribution in [0.15, 0.2) is 12.3 Å². The minimum Gasteiger partial charge on any atom is -0.378 e. The third-order valence-electron chi connectivity index (χ3n) is 3.09. The average molecular weight is 240 g/mol. The van der Waals surface area contributed by atoms with Crippen molar-refractivity contribution in [1.29, 1.82) is 0 Å². The summed E-state index contributed by atoms with van der Waals surface area (Å²) in [6, 6.07) is 2.47. The summed E-state index contributed by atoms with van der Waals surface area (Å²) < 4.78 is 0. The number of rotatable bonds is 2. The highest BCUT2D eigenvalue weighted by molar-refractivity contribution is 6.32. The SMILES string of the molecule is Cc1ccnc(Cl)c1NC1CCCN(C)C1. The number of halogens is 1. The molecule has 3 nitrogen and oxygen atoms in total. The Kier molecular flexibility index (Phi) is 3.66. The molecule has 0 radical (unpaired) electrons. The van der Waals surface area contributed by atoms with E-state index in [1.165, 1.54) is 19.4 Å². The first-order valence-corrected chi connectivity index (χ1v) is 6.11. The molecular weight excluding hydrogens is 222 g/mol. The number of hydrogen-bond donors (Lipinski definition) is 1. The van der Waals surface area contributed by atoms with Gasteiger partial charge >= 0.3 is 0 Å². The largest absolute Gasteiger partial charge is 0.378 e. The van der Waals surface area contributed by atoms with Crippen LogP contribution in [0.2, 0.25) is 5.15 Å². The number of pyridine rings is 1. The molecule has 1 unspecified atom stereocenters. The van der Waals surface area contributed by atoms with Crippen molar-refractivity contribution in [2.45, 2.75) is 25.8 Å². The lowest BCUT2D eigenvalue weighted by Gasteiger charge is -2.31. The summed E-state index contributed by atoms with van der Waals surface area (Å²) in [6.07, 6.45) is 4.19. The van der Waals surface area contributed by atoms with E-state index in [0.29, 0.717) is 11.2 Å². The number of anilines is 1. The van der Waals surface area contributed by atoms with Gasteiger partial charge in [0, 0.05) is 18.8 Å². The van der Waals surface area contributed by atoms with Gasteiger partial charge in [-0.1, -0.05) is 11.6 Å². The fourth-order valence-electron chi connectivity index (χ4n) is 2.19. The molecule has 0 aromatic carbocycles. The maximum absolute atomic E-state index is 6.10. The molecule has 0 bridgehead atoms. The van der Waals surface area contributed by atoms with Crippen molar-refractivity contribution >= 4 is 17.3 Å². The van der Waals surface area contributed by atoms with E-state index >= 15 is 0 Å². The van der Waals surface area contributed by atoms with E-state index in [1.54, 1.807) is 6.20 Å². The fraction of sp³-hybridized carbons (Fsp3) is 0.583. The van der Waals surface area contributed by atoms with Crippen LogP contribution in [0, 0.1) is 6.92 Å². The molecule has 1 aliphatic heterocycles. The number of aromatic nitrogens is 1. The molecule has 0 spiro atoms. The Morgan fingerprint density at radius 1 is 1.56 bits per heavy atom. The van der Waals surface area contributed by atoms with Gasteiger partial charge in [0.2, 0.25) is 0 Å². The third kappa shape index (κ3) is 2.66. The van der Waals surface area contributed by atoms with Gasteiger partial charge in [0.25, 0.3) is 0 Å². The second kappa shape index (κ2) is 5.02. The molecule has 1 saturated heterocycles. The zero-order valence-electron chi connectivity index (χ0n) is 9.83. The lowest BCUT2D eigenvalue weighted by atomic mass is 10.1. The van der Waals surface area contributed by atoms with Gasteiger partial charge in [-0.05, 0) is 45.0 Å². The van der Waals surface area contributed by atoms with Gasteiger partial charge in [0.15, 0.2) is 5.15 Å². The van der Waals surface area contributed by atoms with Crippen LogP contribution in [0.1, 0.15) is 18.4 Å². The maximum atomic E-state index is 6.10. The van der Waals surface area contributed by atoms with Crippen molar-refractivity contribution in [2.75, 3.05) is 25.5 Å². The van der Waals surface area contributed by atoms with E-state index in [-0.39, 0.29) is 0 Å². The smallest absolute Gasteiger partial charge is 0.152 e. The summed E-state index contributed by atoms with van der Waals surface area (Å²) in [5, 5.41) is 4.09. The van der Waals surface area contributed by atoms with Crippen LogP contribution in [-0.4, -0.2) is 36.1 Å². The van der Waals surface area contributed by atoms with Gasteiger partial charge < -0.3 is 10.2 Å². The Bertz CT molecular complexity index is 347. The summed E-state index contributed by atoms with van der Waals surface area (Å²) >= 11 is 6.10. The second-order valence-corrected chi connectivity index (χ2v) is 4.90. The number of aryl methyl sites for hydroxylation is 1. The Hall–Kier alpha value is -0.800. The van der Waals surface area contributed by atoms with E-state index in [4.69, 9.17) is 11.6 Å². The van der Waals surface area contributed by atoms with Crippen molar-refractivity contribution in [2.24, 2.45) is 0 Å². The lowest BCUT2D eigenvalue weighted by molar-refractivity contribution is 0.261. The minimum atomic E-state index is 0.485. The molecule has 16 heavy (non-hydrogen) atoms. The predicted octanol–water partition coefficient (Wildman–Crippen LogP) is 2.55. The van der Waals surface area contributed by atoms with E-state index < -0.39 is 0 Å². The van der Waals surface area contributed by atoms with Crippen molar-refractivity contribution in [1.82, 2.24) is 9.88 Å². The van der Waals surface area contributed by atoms with Crippen LogP contribution in [0.3, 0.4) is 0 Å². The van der Waals surface area contributed by atoms with E-state index in [1.807, 2.05) is 6.07 Å². The molecule has 2 heterocycles.